The van der Waals surface area contributed by atoms with Crippen LogP contribution in [0, 0.1) is 11.8 Å². The molecule has 224 valence electrons. The van der Waals surface area contributed by atoms with Crippen LogP contribution in [-0.2, 0) is 28.5 Å². The van der Waals surface area contributed by atoms with Crippen molar-refractivity contribution in [3.63, 3.8) is 0 Å². The third-order valence-corrected chi connectivity index (χ3v) is 8.37. The summed E-state index contributed by atoms with van der Waals surface area (Å²) in [5.74, 6) is 0.385. The van der Waals surface area contributed by atoms with E-state index in [9.17, 15) is 9.90 Å². The SMILES string of the molecule is CCCCCC(C=CC[C@H]1CC[C@H](O)[C@@H]1CC=CCCC(OC1CCCCO1)C(=O)OC)OC1CCCCO1. The van der Waals surface area contributed by atoms with E-state index in [2.05, 4.69) is 31.2 Å². The summed E-state index contributed by atoms with van der Waals surface area (Å²) in [7, 11) is 1.40. The molecule has 1 aliphatic carbocycles. The van der Waals surface area contributed by atoms with Crippen molar-refractivity contribution in [1.29, 1.82) is 0 Å². The van der Waals surface area contributed by atoms with Gasteiger partial charge in [-0.2, -0.15) is 0 Å². The van der Waals surface area contributed by atoms with Crippen LogP contribution in [0.15, 0.2) is 24.3 Å². The Labute approximate surface area is 236 Å². The Bertz CT molecular complexity index is 711. The Balaban J connectivity index is 1.44. The smallest absolute Gasteiger partial charge is 0.335 e. The van der Waals surface area contributed by atoms with Crippen LogP contribution in [0.3, 0.4) is 0 Å². The van der Waals surface area contributed by atoms with E-state index in [1.165, 1.54) is 32.8 Å². The second-order valence-corrected chi connectivity index (χ2v) is 11.4. The summed E-state index contributed by atoms with van der Waals surface area (Å²) in [4.78, 5) is 12.2. The molecule has 0 aromatic carbocycles. The highest BCUT2D eigenvalue weighted by atomic mass is 16.7. The molecule has 0 aromatic rings. The summed E-state index contributed by atoms with van der Waals surface area (Å²) >= 11 is 0. The fourth-order valence-corrected chi connectivity index (χ4v) is 5.99. The van der Waals surface area contributed by atoms with Crippen LogP contribution in [0.1, 0.15) is 110 Å². The predicted molar refractivity (Wildman–Crippen MR) is 152 cm³/mol. The minimum absolute atomic E-state index is 0.0689. The molecular weight excluding hydrogens is 496 g/mol. The average molecular weight is 551 g/mol. The number of rotatable bonds is 17. The van der Waals surface area contributed by atoms with Gasteiger partial charge in [0.2, 0.25) is 0 Å². The normalized spacial score (nSPS) is 29.7. The first-order valence-corrected chi connectivity index (χ1v) is 15.7. The highest BCUT2D eigenvalue weighted by Crippen LogP contribution is 2.37. The summed E-state index contributed by atoms with van der Waals surface area (Å²) in [5, 5.41) is 10.7. The number of ether oxygens (including phenoxy) is 5. The zero-order valence-electron chi connectivity index (χ0n) is 24.5. The molecule has 7 heteroatoms. The Morgan fingerprint density at radius 3 is 2.31 bits per heavy atom. The molecule has 0 bridgehead atoms. The molecule has 2 saturated heterocycles. The summed E-state index contributed by atoms with van der Waals surface area (Å²) < 4.78 is 28.6. The van der Waals surface area contributed by atoms with Gasteiger partial charge in [-0.1, -0.05) is 50.5 Å². The van der Waals surface area contributed by atoms with E-state index < -0.39 is 6.10 Å². The van der Waals surface area contributed by atoms with Crippen LogP contribution in [0.4, 0.5) is 0 Å². The zero-order chi connectivity index (χ0) is 27.7. The molecule has 7 nitrogen and oxygen atoms in total. The highest BCUT2D eigenvalue weighted by molar-refractivity contribution is 5.74. The lowest BCUT2D eigenvalue weighted by atomic mass is 9.88. The maximum atomic E-state index is 12.2. The molecule has 1 N–H and O–H groups in total. The van der Waals surface area contributed by atoms with E-state index in [-0.39, 0.29) is 36.7 Å². The molecule has 0 spiro atoms. The van der Waals surface area contributed by atoms with E-state index >= 15 is 0 Å². The lowest BCUT2D eigenvalue weighted by molar-refractivity contribution is -0.203. The van der Waals surface area contributed by atoms with Gasteiger partial charge >= 0.3 is 5.97 Å². The van der Waals surface area contributed by atoms with E-state index in [4.69, 9.17) is 23.7 Å². The summed E-state index contributed by atoms with van der Waals surface area (Å²) in [6.07, 6.45) is 23.5. The van der Waals surface area contributed by atoms with Gasteiger partial charge in [-0.05, 0) is 95.3 Å². The summed E-state index contributed by atoms with van der Waals surface area (Å²) in [5.41, 5.74) is 0. The fraction of sp³-hybridized carbons (Fsp3) is 0.844. The Hall–Kier alpha value is -1.25. The standard InChI is InChI=1S/C32H54O7/c1-3-4-6-15-26(38-30-19-9-11-23-36-30)16-13-14-25-21-22-28(33)27(25)17-7-5-8-18-29(32(34)35-2)39-31-20-10-12-24-37-31/h5,7,13,16,25-31,33H,3-4,6,8-12,14-15,17-24H2,1-2H3/t25-,26?,27+,28-,29?,30?,31?/m0/s1. The van der Waals surface area contributed by atoms with Crippen molar-refractivity contribution in [3.8, 4) is 0 Å². The lowest BCUT2D eigenvalue weighted by Gasteiger charge is -2.26. The number of carbonyl (C=O) groups is 1. The van der Waals surface area contributed by atoms with Gasteiger partial charge in [-0.25, -0.2) is 4.79 Å². The molecule has 39 heavy (non-hydrogen) atoms. The monoisotopic (exact) mass is 550 g/mol. The van der Waals surface area contributed by atoms with Crippen molar-refractivity contribution >= 4 is 5.97 Å². The number of esters is 1. The summed E-state index contributed by atoms with van der Waals surface area (Å²) in [6, 6.07) is 0. The molecule has 2 heterocycles. The Kier molecular flexibility index (Phi) is 15.7. The van der Waals surface area contributed by atoms with Crippen LogP contribution in [0.5, 0.6) is 0 Å². The van der Waals surface area contributed by atoms with Gasteiger partial charge in [0.1, 0.15) is 0 Å². The molecule has 3 rings (SSSR count). The van der Waals surface area contributed by atoms with Crippen LogP contribution in [-0.4, -0.2) is 62.3 Å². The molecule has 0 aromatic heterocycles. The van der Waals surface area contributed by atoms with Crippen molar-refractivity contribution in [2.45, 2.75) is 141 Å². The van der Waals surface area contributed by atoms with E-state index in [1.807, 2.05) is 0 Å². The fourth-order valence-electron chi connectivity index (χ4n) is 5.99. The number of carbonyl (C=O) groups excluding carboxylic acids is 1. The van der Waals surface area contributed by atoms with E-state index in [0.717, 1.165) is 77.2 Å². The molecular formula is C32H54O7. The van der Waals surface area contributed by atoms with Gasteiger partial charge in [0, 0.05) is 13.2 Å². The number of aliphatic hydroxyl groups excluding tert-OH is 1. The topological polar surface area (TPSA) is 83.5 Å². The minimum atomic E-state index is -0.607. The van der Waals surface area contributed by atoms with E-state index in [0.29, 0.717) is 18.9 Å². The first kappa shape index (κ1) is 32.3. The van der Waals surface area contributed by atoms with Crippen molar-refractivity contribution in [1.82, 2.24) is 0 Å². The average Bonchev–Trinajstić information content (AvgIpc) is 3.31. The van der Waals surface area contributed by atoms with Crippen LogP contribution in [0.2, 0.25) is 0 Å². The predicted octanol–water partition coefficient (Wildman–Crippen LogP) is 6.62. The highest BCUT2D eigenvalue weighted by Gasteiger charge is 2.33. The Morgan fingerprint density at radius 1 is 0.897 bits per heavy atom. The van der Waals surface area contributed by atoms with Crippen molar-refractivity contribution in [2.75, 3.05) is 20.3 Å². The number of hydrogen-bond acceptors (Lipinski definition) is 7. The molecule has 2 aliphatic heterocycles. The molecule has 3 aliphatic rings. The molecule has 7 atom stereocenters. The van der Waals surface area contributed by atoms with Gasteiger partial charge in [0.05, 0.1) is 19.3 Å². The maximum Gasteiger partial charge on any atom is 0.335 e. The van der Waals surface area contributed by atoms with Gasteiger partial charge in [0.25, 0.3) is 0 Å². The Morgan fingerprint density at radius 2 is 1.64 bits per heavy atom. The van der Waals surface area contributed by atoms with Gasteiger partial charge in [0.15, 0.2) is 18.7 Å². The third-order valence-electron chi connectivity index (χ3n) is 8.37. The number of aliphatic hydroxyl groups is 1. The second-order valence-electron chi connectivity index (χ2n) is 11.4. The van der Waals surface area contributed by atoms with Crippen molar-refractivity contribution in [2.24, 2.45) is 11.8 Å². The van der Waals surface area contributed by atoms with Crippen molar-refractivity contribution < 1.29 is 33.6 Å². The quantitative estimate of drug-likeness (QED) is 0.124. The van der Waals surface area contributed by atoms with Crippen LogP contribution in [0.25, 0.3) is 0 Å². The number of allylic oxidation sites excluding steroid dienone is 3. The van der Waals surface area contributed by atoms with Gasteiger partial charge in [-0.3, -0.25) is 0 Å². The van der Waals surface area contributed by atoms with E-state index in [1.54, 1.807) is 0 Å². The lowest BCUT2D eigenvalue weighted by Crippen LogP contribution is -2.33. The second kappa shape index (κ2) is 19.0. The molecule has 3 fully saturated rings. The van der Waals surface area contributed by atoms with Gasteiger partial charge in [-0.15, -0.1) is 0 Å². The first-order chi connectivity index (χ1) is 19.1. The molecule has 0 radical (unpaired) electrons. The molecule has 0 amide bonds. The van der Waals surface area contributed by atoms with Crippen LogP contribution < -0.4 is 0 Å². The molecule has 1 saturated carbocycles. The number of unbranched alkanes of at least 4 members (excludes halogenated alkanes) is 2. The largest absolute Gasteiger partial charge is 0.467 e. The summed E-state index contributed by atoms with van der Waals surface area (Å²) in [6.45, 7) is 3.71. The van der Waals surface area contributed by atoms with Gasteiger partial charge < -0.3 is 28.8 Å². The van der Waals surface area contributed by atoms with Crippen molar-refractivity contribution in [3.05, 3.63) is 24.3 Å². The number of hydrogen-bond donors (Lipinski definition) is 1. The minimum Gasteiger partial charge on any atom is -0.467 e. The first-order valence-electron chi connectivity index (χ1n) is 15.7. The molecule has 4 unspecified atom stereocenters. The zero-order valence-corrected chi connectivity index (χ0v) is 24.5. The third kappa shape index (κ3) is 12.0. The van der Waals surface area contributed by atoms with Crippen LogP contribution >= 0.6 is 0 Å². The maximum absolute atomic E-state index is 12.2. The number of methoxy groups -OCH3 is 1.